The first-order valence-electron chi connectivity index (χ1n) is 5.62. The van der Waals surface area contributed by atoms with Crippen molar-refractivity contribution in [2.24, 2.45) is 5.73 Å². The fraction of sp³-hybridized carbons (Fsp3) is 0.700. The van der Waals surface area contributed by atoms with Crippen LogP contribution in [-0.2, 0) is 14.4 Å². The molecule has 1 saturated heterocycles. The molecule has 19 heavy (non-hydrogen) atoms. The Balaban J connectivity index is 2.67. The molecule has 3 amide bonds. The number of rotatable bonds is 3. The molecule has 0 aromatic heterocycles. The van der Waals surface area contributed by atoms with Crippen LogP contribution in [0.15, 0.2) is 0 Å². The Bertz CT molecular complexity index is 397. The maximum absolute atomic E-state index is 12.0. The number of alkyl halides is 3. The van der Waals surface area contributed by atoms with Crippen molar-refractivity contribution in [2.45, 2.75) is 38.0 Å². The van der Waals surface area contributed by atoms with Crippen LogP contribution in [0.2, 0.25) is 0 Å². The molecule has 0 saturated carbocycles. The van der Waals surface area contributed by atoms with Crippen LogP contribution < -0.4 is 11.1 Å². The zero-order chi connectivity index (χ0) is 14.8. The van der Waals surface area contributed by atoms with Gasteiger partial charge in [0, 0.05) is 6.54 Å². The SMILES string of the molecule is C[C@H](NC(=O)C(F)(F)F)C(=O)N1CCC[C@H]1C(N)=O. The third-order valence-electron chi connectivity index (χ3n) is 2.84. The number of carbonyl (C=O) groups excluding carboxylic acids is 3. The maximum Gasteiger partial charge on any atom is 0.471 e. The van der Waals surface area contributed by atoms with Crippen molar-refractivity contribution >= 4 is 17.7 Å². The van der Waals surface area contributed by atoms with Gasteiger partial charge in [0.2, 0.25) is 11.8 Å². The normalized spacial score (nSPS) is 21.1. The molecule has 9 heteroatoms. The van der Waals surface area contributed by atoms with Crippen LogP contribution in [-0.4, -0.2) is 47.4 Å². The second-order valence-electron chi connectivity index (χ2n) is 4.28. The van der Waals surface area contributed by atoms with Crippen molar-refractivity contribution in [3.63, 3.8) is 0 Å². The Kier molecular flexibility index (Phi) is 4.38. The van der Waals surface area contributed by atoms with Crippen LogP contribution in [0, 0.1) is 0 Å². The van der Waals surface area contributed by atoms with E-state index >= 15 is 0 Å². The van der Waals surface area contributed by atoms with Crippen molar-refractivity contribution < 1.29 is 27.6 Å². The largest absolute Gasteiger partial charge is 0.471 e. The lowest BCUT2D eigenvalue weighted by Crippen LogP contribution is -2.53. The number of nitrogens with zero attached hydrogens (tertiary/aromatic N) is 1. The smallest absolute Gasteiger partial charge is 0.368 e. The fourth-order valence-electron chi connectivity index (χ4n) is 1.92. The molecule has 0 aromatic rings. The van der Waals surface area contributed by atoms with E-state index in [9.17, 15) is 27.6 Å². The zero-order valence-corrected chi connectivity index (χ0v) is 10.2. The van der Waals surface area contributed by atoms with Crippen LogP contribution in [0.5, 0.6) is 0 Å². The molecule has 1 fully saturated rings. The molecule has 108 valence electrons. The molecule has 1 aliphatic heterocycles. The summed E-state index contributed by atoms with van der Waals surface area (Å²) in [5.74, 6) is -3.65. The molecule has 1 aliphatic rings. The molecule has 6 nitrogen and oxygen atoms in total. The van der Waals surface area contributed by atoms with E-state index in [4.69, 9.17) is 5.73 Å². The van der Waals surface area contributed by atoms with E-state index in [0.717, 1.165) is 11.8 Å². The predicted octanol–water partition coefficient (Wildman–Crippen LogP) is -0.470. The standard InChI is InChI=1S/C10H14F3N3O3/c1-5(15-9(19)10(11,12)13)8(18)16-4-2-3-6(16)7(14)17/h5-6H,2-4H2,1H3,(H2,14,17)(H,15,19)/t5-,6-/m0/s1. The molecule has 0 aliphatic carbocycles. The first-order chi connectivity index (χ1) is 8.64. The van der Waals surface area contributed by atoms with Gasteiger partial charge in [-0.05, 0) is 19.8 Å². The summed E-state index contributed by atoms with van der Waals surface area (Å²) >= 11 is 0. The van der Waals surface area contributed by atoms with E-state index in [1.807, 2.05) is 0 Å². The summed E-state index contributed by atoms with van der Waals surface area (Å²) in [7, 11) is 0. The first-order valence-corrected chi connectivity index (χ1v) is 5.62. The second-order valence-corrected chi connectivity index (χ2v) is 4.28. The summed E-state index contributed by atoms with van der Waals surface area (Å²) in [6, 6.07) is -2.19. The van der Waals surface area contributed by atoms with Crippen LogP contribution >= 0.6 is 0 Å². The lowest BCUT2D eigenvalue weighted by Gasteiger charge is -2.26. The van der Waals surface area contributed by atoms with Crippen LogP contribution in [0.1, 0.15) is 19.8 Å². The van der Waals surface area contributed by atoms with Crippen molar-refractivity contribution in [1.82, 2.24) is 10.2 Å². The number of amides is 3. The highest BCUT2D eigenvalue weighted by molar-refractivity contribution is 5.92. The quantitative estimate of drug-likeness (QED) is 0.732. The lowest BCUT2D eigenvalue weighted by atomic mass is 10.2. The Morgan fingerprint density at radius 3 is 2.42 bits per heavy atom. The molecule has 0 aromatic carbocycles. The van der Waals surface area contributed by atoms with Gasteiger partial charge in [-0.1, -0.05) is 0 Å². The summed E-state index contributed by atoms with van der Waals surface area (Å²) in [5.41, 5.74) is 5.10. The lowest BCUT2D eigenvalue weighted by molar-refractivity contribution is -0.175. The van der Waals surface area contributed by atoms with Gasteiger partial charge < -0.3 is 16.0 Å². The first kappa shape index (κ1) is 15.3. The number of hydrogen-bond donors (Lipinski definition) is 2. The molecule has 2 atom stereocenters. The minimum atomic E-state index is -5.05. The maximum atomic E-state index is 12.0. The van der Waals surface area contributed by atoms with E-state index in [2.05, 4.69) is 0 Å². The summed E-state index contributed by atoms with van der Waals surface area (Å²) in [4.78, 5) is 34.8. The Morgan fingerprint density at radius 2 is 1.95 bits per heavy atom. The molecule has 0 unspecified atom stereocenters. The van der Waals surface area contributed by atoms with Crippen molar-refractivity contribution in [3.05, 3.63) is 0 Å². The molecule has 3 N–H and O–H groups in total. The van der Waals surface area contributed by atoms with Crippen molar-refractivity contribution in [1.29, 1.82) is 0 Å². The van der Waals surface area contributed by atoms with Crippen LogP contribution in [0.4, 0.5) is 13.2 Å². The van der Waals surface area contributed by atoms with Gasteiger partial charge in [0.25, 0.3) is 0 Å². The molecule has 0 radical (unpaired) electrons. The average Bonchev–Trinajstić information content (AvgIpc) is 2.75. The Labute approximate surface area is 107 Å². The van der Waals surface area contributed by atoms with Crippen molar-refractivity contribution in [2.75, 3.05) is 6.54 Å². The number of primary amides is 1. The van der Waals surface area contributed by atoms with E-state index in [1.54, 1.807) is 5.32 Å². The zero-order valence-electron chi connectivity index (χ0n) is 10.2. The number of nitrogens with two attached hydrogens (primary N) is 1. The van der Waals surface area contributed by atoms with Crippen LogP contribution in [0.25, 0.3) is 0 Å². The van der Waals surface area contributed by atoms with Gasteiger partial charge in [-0.2, -0.15) is 13.2 Å². The molecule has 1 rings (SSSR count). The van der Waals surface area contributed by atoms with Gasteiger partial charge in [0.15, 0.2) is 0 Å². The second kappa shape index (κ2) is 5.45. The predicted molar refractivity (Wildman–Crippen MR) is 57.6 cm³/mol. The topological polar surface area (TPSA) is 92.5 Å². The summed E-state index contributed by atoms with van der Waals surface area (Å²) in [6.45, 7) is 1.36. The average molecular weight is 281 g/mol. The number of hydrogen-bond acceptors (Lipinski definition) is 3. The van der Waals surface area contributed by atoms with Gasteiger partial charge in [0.1, 0.15) is 12.1 Å². The number of likely N-dealkylation sites (tertiary alicyclic amines) is 1. The molecule has 1 heterocycles. The third kappa shape index (κ3) is 3.58. The van der Waals surface area contributed by atoms with E-state index in [1.165, 1.54) is 0 Å². The highest BCUT2D eigenvalue weighted by atomic mass is 19.4. The molecular formula is C10H14F3N3O3. The molecule has 0 bridgehead atoms. The van der Waals surface area contributed by atoms with Gasteiger partial charge in [-0.3, -0.25) is 14.4 Å². The summed E-state index contributed by atoms with van der Waals surface area (Å²) in [5, 5.41) is 1.55. The minimum absolute atomic E-state index is 0.235. The van der Waals surface area contributed by atoms with E-state index in [0.29, 0.717) is 12.8 Å². The van der Waals surface area contributed by atoms with Gasteiger partial charge in [-0.25, -0.2) is 0 Å². The van der Waals surface area contributed by atoms with Gasteiger partial charge in [0.05, 0.1) is 0 Å². The van der Waals surface area contributed by atoms with Crippen molar-refractivity contribution in [3.8, 4) is 0 Å². The number of halogens is 3. The highest BCUT2D eigenvalue weighted by Gasteiger charge is 2.41. The van der Waals surface area contributed by atoms with E-state index < -0.39 is 36.0 Å². The Hall–Kier alpha value is -1.80. The van der Waals surface area contributed by atoms with Gasteiger partial charge >= 0.3 is 12.1 Å². The van der Waals surface area contributed by atoms with Gasteiger partial charge in [-0.15, -0.1) is 0 Å². The minimum Gasteiger partial charge on any atom is -0.368 e. The number of nitrogens with one attached hydrogen (secondary N) is 1. The molecular weight excluding hydrogens is 267 g/mol. The van der Waals surface area contributed by atoms with Crippen LogP contribution in [0.3, 0.4) is 0 Å². The van der Waals surface area contributed by atoms with E-state index in [-0.39, 0.29) is 6.54 Å². The Morgan fingerprint density at radius 1 is 1.37 bits per heavy atom. The third-order valence-corrected chi connectivity index (χ3v) is 2.84. The summed E-state index contributed by atoms with van der Waals surface area (Å²) in [6.07, 6.45) is -4.14. The number of carbonyl (C=O) groups is 3. The molecule has 0 spiro atoms. The fourth-order valence-corrected chi connectivity index (χ4v) is 1.92. The summed E-state index contributed by atoms with van der Waals surface area (Å²) < 4.78 is 36.1. The monoisotopic (exact) mass is 281 g/mol. The highest BCUT2D eigenvalue weighted by Crippen LogP contribution is 2.19.